The standard InChI is InChI=1S/C38H21N3O2S3/c1-2-23-13-15-24(16-14-23)29-19-20-31(45-29)37-35-34(36(46-37)30-18-17-28(44-30)21-27(22-39)38(42)43)40-32(25-9-5-3-6-10-25)33(41-35)26-11-7-4-8-12-26/h1,3-21H,(H,42,43)/b27-21+. The van der Waals surface area contributed by atoms with E-state index in [-0.39, 0.29) is 5.57 Å². The maximum atomic E-state index is 11.5. The lowest BCUT2D eigenvalue weighted by atomic mass is 10.0. The fourth-order valence-corrected chi connectivity index (χ4v) is 8.43. The largest absolute Gasteiger partial charge is 0.477 e. The molecule has 8 heteroatoms. The predicted octanol–water partition coefficient (Wildman–Crippen LogP) is 10.1. The summed E-state index contributed by atoms with van der Waals surface area (Å²) < 4.78 is 0. The average molecular weight is 648 g/mol. The van der Waals surface area contributed by atoms with Crippen LogP contribution in [-0.2, 0) is 4.79 Å². The van der Waals surface area contributed by atoms with E-state index in [0.29, 0.717) is 4.88 Å². The van der Waals surface area contributed by atoms with E-state index >= 15 is 0 Å². The number of carboxylic acids is 1. The number of fused-ring (bicyclic) bond motifs is 1. The summed E-state index contributed by atoms with van der Waals surface area (Å²) in [5.74, 6) is 1.42. The van der Waals surface area contributed by atoms with E-state index in [1.54, 1.807) is 28.7 Å². The van der Waals surface area contributed by atoms with Crippen LogP contribution < -0.4 is 0 Å². The van der Waals surface area contributed by atoms with Gasteiger partial charge < -0.3 is 5.11 Å². The highest BCUT2D eigenvalue weighted by molar-refractivity contribution is 7.28. The molecular formula is C38H21N3O2S3. The highest BCUT2D eigenvalue weighted by Gasteiger charge is 2.23. The molecular weight excluding hydrogens is 627 g/mol. The van der Waals surface area contributed by atoms with Crippen LogP contribution in [-0.4, -0.2) is 21.0 Å². The third kappa shape index (κ3) is 5.53. The molecule has 0 aliphatic carbocycles. The Kier molecular flexibility index (Phi) is 7.84. The van der Waals surface area contributed by atoms with Crippen LogP contribution in [0.3, 0.4) is 0 Å². The van der Waals surface area contributed by atoms with Crippen LogP contribution in [0.15, 0.2) is 115 Å². The van der Waals surface area contributed by atoms with E-state index in [1.807, 2.05) is 97.1 Å². The van der Waals surface area contributed by atoms with Crippen molar-refractivity contribution in [1.29, 1.82) is 5.26 Å². The van der Waals surface area contributed by atoms with E-state index in [0.717, 1.165) is 69.1 Å². The number of terminal acetylenes is 1. The van der Waals surface area contributed by atoms with Crippen LogP contribution in [0.25, 0.3) is 69.6 Å². The zero-order valence-corrected chi connectivity index (χ0v) is 26.4. The molecule has 0 aliphatic rings. The first-order valence-electron chi connectivity index (χ1n) is 14.1. The molecule has 218 valence electrons. The second-order valence-electron chi connectivity index (χ2n) is 10.2. The molecule has 7 aromatic rings. The van der Waals surface area contributed by atoms with E-state index in [2.05, 4.69) is 18.1 Å². The van der Waals surface area contributed by atoms with Crippen LogP contribution in [0.2, 0.25) is 0 Å². The zero-order valence-electron chi connectivity index (χ0n) is 24.0. The van der Waals surface area contributed by atoms with Crippen molar-refractivity contribution < 1.29 is 9.90 Å². The molecule has 0 spiro atoms. The van der Waals surface area contributed by atoms with Crippen LogP contribution >= 0.6 is 34.0 Å². The SMILES string of the molecule is C#Cc1ccc(-c2ccc(-c3sc(-c4ccc(/C=C(\C#N)C(=O)O)s4)c4nc(-c5ccccc5)c(-c5ccccc5)nc34)s2)cc1. The second-order valence-corrected chi connectivity index (χ2v) is 13.4. The molecule has 4 aromatic heterocycles. The maximum absolute atomic E-state index is 11.5. The van der Waals surface area contributed by atoms with Gasteiger partial charge in [0.1, 0.15) is 22.7 Å². The number of carboxylic acid groups (broad SMARTS) is 1. The lowest BCUT2D eigenvalue weighted by molar-refractivity contribution is -0.132. The first-order valence-corrected chi connectivity index (χ1v) is 16.6. The Hall–Kier alpha value is -5.64. The predicted molar refractivity (Wildman–Crippen MR) is 190 cm³/mol. The van der Waals surface area contributed by atoms with Crippen LogP contribution in [0.5, 0.6) is 0 Å². The van der Waals surface area contributed by atoms with Crippen molar-refractivity contribution in [2.24, 2.45) is 0 Å². The third-order valence-electron chi connectivity index (χ3n) is 7.28. The Morgan fingerprint density at radius 2 is 1.22 bits per heavy atom. The second kappa shape index (κ2) is 12.4. The van der Waals surface area contributed by atoms with Gasteiger partial charge in [0.2, 0.25) is 0 Å². The van der Waals surface area contributed by atoms with Crippen molar-refractivity contribution in [3.05, 3.63) is 125 Å². The van der Waals surface area contributed by atoms with Gasteiger partial charge in [0.15, 0.2) is 0 Å². The molecule has 0 atom stereocenters. The number of hydrogen-bond acceptors (Lipinski definition) is 7. The minimum Gasteiger partial charge on any atom is -0.477 e. The van der Waals surface area contributed by atoms with Crippen molar-refractivity contribution >= 4 is 57.1 Å². The molecule has 0 fully saturated rings. The van der Waals surface area contributed by atoms with Gasteiger partial charge in [0.25, 0.3) is 0 Å². The summed E-state index contributed by atoms with van der Waals surface area (Å²) in [7, 11) is 0. The number of aliphatic carboxylic acids is 1. The molecule has 4 heterocycles. The number of hydrogen-bond donors (Lipinski definition) is 1. The summed E-state index contributed by atoms with van der Waals surface area (Å²) in [4.78, 5) is 27.8. The maximum Gasteiger partial charge on any atom is 0.346 e. The monoisotopic (exact) mass is 647 g/mol. The fourth-order valence-electron chi connectivity index (χ4n) is 5.06. The minimum atomic E-state index is -1.25. The quantitative estimate of drug-likeness (QED) is 0.106. The molecule has 46 heavy (non-hydrogen) atoms. The van der Waals surface area contributed by atoms with Crippen LogP contribution in [0.4, 0.5) is 0 Å². The van der Waals surface area contributed by atoms with Gasteiger partial charge in [-0.25, -0.2) is 14.8 Å². The van der Waals surface area contributed by atoms with E-state index < -0.39 is 5.97 Å². The molecule has 3 aromatic carbocycles. The lowest BCUT2D eigenvalue weighted by Crippen LogP contribution is -1.96. The summed E-state index contributed by atoms with van der Waals surface area (Å²) >= 11 is 4.71. The molecule has 1 N–H and O–H groups in total. The van der Waals surface area contributed by atoms with Crippen LogP contribution in [0.1, 0.15) is 10.4 Å². The summed E-state index contributed by atoms with van der Waals surface area (Å²) in [6.07, 6.45) is 6.97. The van der Waals surface area contributed by atoms with Gasteiger partial charge in [-0.05, 0) is 48.0 Å². The molecule has 0 aliphatic heterocycles. The summed E-state index contributed by atoms with van der Waals surface area (Å²) in [5.41, 5.74) is 6.66. The Labute approximate surface area is 277 Å². The normalized spacial score (nSPS) is 11.3. The number of benzene rings is 3. The molecule has 0 radical (unpaired) electrons. The first-order chi connectivity index (χ1) is 22.5. The third-order valence-corrected chi connectivity index (χ3v) is 11.0. The van der Waals surface area contributed by atoms with Crippen molar-refractivity contribution in [1.82, 2.24) is 9.97 Å². The highest BCUT2D eigenvalue weighted by atomic mass is 32.1. The first kappa shape index (κ1) is 29.1. The van der Waals surface area contributed by atoms with E-state index in [4.69, 9.17) is 16.4 Å². The lowest BCUT2D eigenvalue weighted by Gasteiger charge is -2.10. The smallest absolute Gasteiger partial charge is 0.346 e. The van der Waals surface area contributed by atoms with Crippen molar-refractivity contribution in [3.8, 4) is 70.9 Å². The molecule has 0 amide bonds. The number of carbonyl (C=O) groups is 1. The Morgan fingerprint density at radius 1 is 0.674 bits per heavy atom. The van der Waals surface area contributed by atoms with E-state index in [1.165, 1.54) is 17.4 Å². The molecule has 7 rings (SSSR count). The van der Waals surface area contributed by atoms with Crippen molar-refractivity contribution in [2.45, 2.75) is 0 Å². The summed E-state index contributed by atoms with van der Waals surface area (Å²) in [5, 5.41) is 18.7. The summed E-state index contributed by atoms with van der Waals surface area (Å²) in [6.45, 7) is 0. The topological polar surface area (TPSA) is 86.9 Å². The number of rotatable bonds is 7. The highest BCUT2D eigenvalue weighted by Crippen LogP contribution is 2.49. The average Bonchev–Trinajstić information content (AvgIpc) is 3.86. The van der Waals surface area contributed by atoms with Crippen LogP contribution in [0, 0.1) is 23.7 Å². The number of thiophene rings is 3. The van der Waals surface area contributed by atoms with Gasteiger partial charge in [-0.15, -0.1) is 40.4 Å². The van der Waals surface area contributed by atoms with Gasteiger partial charge in [-0.2, -0.15) is 5.26 Å². The molecule has 0 bridgehead atoms. The molecule has 5 nitrogen and oxygen atoms in total. The Morgan fingerprint density at radius 3 is 1.76 bits per heavy atom. The van der Waals surface area contributed by atoms with Gasteiger partial charge in [0.05, 0.1) is 21.1 Å². The van der Waals surface area contributed by atoms with Crippen molar-refractivity contribution in [3.63, 3.8) is 0 Å². The van der Waals surface area contributed by atoms with Gasteiger partial charge in [0, 0.05) is 36.2 Å². The molecule has 0 unspecified atom stereocenters. The van der Waals surface area contributed by atoms with Gasteiger partial charge in [-0.3, -0.25) is 0 Å². The number of nitriles is 1. The number of aromatic nitrogens is 2. The Bertz CT molecular complexity index is 2350. The Balaban J connectivity index is 1.46. The van der Waals surface area contributed by atoms with Gasteiger partial charge in [-0.1, -0.05) is 78.7 Å². The van der Waals surface area contributed by atoms with Gasteiger partial charge >= 0.3 is 5.97 Å². The van der Waals surface area contributed by atoms with Crippen molar-refractivity contribution in [2.75, 3.05) is 0 Å². The number of nitrogens with zero attached hydrogens (tertiary/aromatic N) is 3. The fraction of sp³-hybridized carbons (Fsp3) is 0. The zero-order chi connectivity index (χ0) is 31.6. The molecule has 0 saturated carbocycles. The molecule has 0 saturated heterocycles. The summed E-state index contributed by atoms with van der Waals surface area (Å²) in [6, 6.07) is 37.9. The minimum absolute atomic E-state index is 0.315. The van der Waals surface area contributed by atoms with E-state index in [9.17, 15) is 15.2 Å².